The van der Waals surface area contributed by atoms with Crippen molar-refractivity contribution < 1.29 is 9.53 Å². The van der Waals surface area contributed by atoms with Crippen molar-refractivity contribution in [2.45, 2.75) is 25.3 Å². The molecule has 16 heavy (non-hydrogen) atoms. The summed E-state index contributed by atoms with van der Waals surface area (Å²) in [6.45, 7) is 0.527. The van der Waals surface area contributed by atoms with Gasteiger partial charge >= 0.3 is 5.97 Å². The van der Waals surface area contributed by atoms with Crippen molar-refractivity contribution in [3.8, 4) is 0 Å². The van der Waals surface area contributed by atoms with Gasteiger partial charge in [0.25, 0.3) is 0 Å². The second-order valence-corrected chi connectivity index (χ2v) is 4.25. The molecule has 0 aliphatic heterocycles. The minimum atomic E-state index is -0.581. The van der Waals surface area contributed by atoms with E-state index < -0.39 is 6.04 Å². The lowest BCUT2D eigenvalue weighted by atomic mass is 10.1. The molecule has 0 amide bonds. The fraction of sp³-hybridized carbons (Fsp3) is 0.500. The summed E-state index contributed by atoms with van der Waals surface area (Å²) in [5.41, 5.74) is 6.71. The average Bonchev–Trinajstić information content (AvgIpc) is 3.11. The van der Waals surface area contributed by atoms with Gasteiger partial charge in [-0.05, 0) is 36.8 Å². The number of nitrogens with zero attached hydrogens (tertiary/aromatic N) is 1. The molecule has 1 aromatic rings. The van der Waals surface area contributed by atoms with Gasteiger partial charge in [0.05, 0.1) is 6.61 Å². The van der Waals surface area contributed by atoms with Crippen LogP contribution in [0.1, 0.15) is 18.4 Å². The zero-order chi connectivity index (χ0) is 11.4. The van der Waals surface area contributed by atoms with E-state index in [2.05, 4.69) is 4.98 Å². The Balaban J connectivity index is 1.77. The van der Waals surface area contributed by atoms with Gasteiger partial charge in [0.2, 0.25) is 0 Å². The van der Waals surface area contributed by atoms with Crippen molar-refractivity contribution in [3.05, 3.63) is 30.1 Å². The van der Waals surface area contributed by atoms with Gasteiger partial charge < -0.3 is 10.5 Å². The highest BCUT2D eigenvalue weighted by Crippen LogP contribution is 2.28. The Morgan fingerprint density at radius 1 is 1.62 bits per heavy atom. The predicted molar refractivity (Wildman–Crippen MR) is 59.6 cm³/mol. The molecule has 1 fully saturated rings. The Hall–Kier alpha value is -1.42. The van der Waals surface area contributed by atoms with E-state index in [-0.39, 0.29) is 5.97 Å². The van der Waals surface area contributed by atoms with Crippen LogP contribution >= 0.6 is 0 Å². The number of esters is 1. The summed E-state index contributed by atoms with van der Waals surface area (Å²) in [6, 6.07) is 3.15. The minimum Gasteiger partial charge on any atom is -0.464 e. The number of carbonyl (C=O) groups is 1. The number of hydrogen-bond acceptors (Lipinski definition) is 4. The quantitative estimate of drug-likeness (QED) is 0.749. The van der Waals surface area contributed by atoms with Crippen molar-refractivity contribution in [2.24, 2.45) is 11.7 Å². The van der Waals surface area contributed by atoms with Crippen LogP contribution in [-0.2, 0) is 16.0 Å². The summed E-state index contributed by atoms with van der Waals surface area (Å²) >= 11 is 0. The Morgan fingerprint density at radius 3 is 3.06 bits per heavy atom. The number of ether oxygens (including phenoxy) is 1. The van der Waals surface area contributed by atoms with Crippen LogP contribution in [0.15, 0.2) is 24.5 Å². The molecule has 1 aromatic heterocycles. The third-order valence-electron chi connectivity index (χ3n) is 2.64. The predicted octanol–water partition coefficient (Wildman–Crippen LogP) is 0.905. The van der Waals surface area contributed by atoms with Gasteiger partial charge in [-0.3, -0.25) is 9.78 Å². The van der Waals surface area contributed by atoms with Crippen LogP contribution in [0.25, 0.3) is 0 Å². The molecule has 86 valence electrons. The first-order chi connectivity index (χ1) is 7.75. The maximum absolute atomic E-state index is 11.5. The molecule has 4 nitrogen and oxygen atoms in total. The Morgan fingerprint density at radius 2 is 2.44 bits per heavy atom. The van der Waals surface area contributed by atoms with E-state index in [0.717, 1.165) is 5.56 Å². The first-order valence-electron chi connectivity index (χ1n) is 5.57. The summed E-state index contributed by atoms with van der Waals surface area (Å²) in [5.74, 6) is 0.269. The smallest absolute Gasteiger partial charge is 0.323 e. The molecule has 1 aliphatic carbocycles. The van der Waals surface area contributed by atoms with Gasteiger partial charge in [0, 0.05) is 12.4 Å². The van der Waals surface area contributed by atoms with Crippen molar-refractivity contribution in [3.63, 3.8) is 0 Å². The number of aromatic nitrogens is 1. The third-order valence-corrected chi connectivity index (χ3v) is 2.64. The molecule has 1 heterocycles. The molecule has 1 saturated carbocycles. The van der Waals surface area contributed by atoms with Crippen molar-refractivity contribution in [1.82, 2.24) is 4.98 Å². The SMILES string of the molecule is N[C@H](Cc1cccnc1)C(=O)OCC1CC1. The lowest BCUT2D eigenvalue weighted by Gasteiger charge is -2.10. The van der Waals surface area contributed by atoms with Crippen LogP contribution in [0.4, 0.5) is 0 Å². The van der Waals surface area contributed by atoms with Crippen LogP contribution in [0.3, 0.4) is 0 Å². The Bertz CT molecular complexity index is 349. The molecule has 4 heteroatoms. The number of carbonyl (C=O) groups excluding carboxylic acids is 1. The molecule has 1 atom stereocenters. The Kier molecular flexibility index (Phi) is 3.51. The van der Waals surface area contributed by atoms with Gasteiger partial charge in [0.15, 0.2) is 0 Å². The van der Waals surface area contributed by atoms with E-state index in [9.17, 15) is 4.79 Å². The molecule has 1 aliphatic rings. The monoisotopic (exact) mass is 220 g/mol. The van der Waals surface area contributed by atoms with Crippen molar-refractivity contribution in [1.29, 1.82) is 0 Å². The first-order valence-corrected chi connectivity index (χ1v) is 5.57. The highest BCUT2D eigenvalue weighted by atomic mass is 16.5. The molecule has 0 aromatic carbocycles. The molecular formula is C12H16N2O2. The van der Waals surface area contributed by atoms with Gasteiger partial charge in [-0.25, -0.2) is 0 Å². The van der Waals surface area contributed by atoms with Gasteiger partial charge in [0.1, 0.15) is 6.04 Å². The molecule has 0 bridgehead atoms. The minimum absolute atomic E-state index is 0.309. The van der Waals surface area contributed by atoms with E-state index in [1.165, 1.54) is 12.8 Å². The van der Waals surface area contributed by atoms with E-state index in [1.807, 2.05) is 12.1 Å². The highest BCUT2D eigenvalue weighted by molar-refractivity contribution is 5.75. The normalized spacial score (nSPS) is 16.8. The summed E-state index contributed by atoms with van der Waals surface area (Å²) in [7, 11) is 0. The van der Waals surface area contributed by atoms with Crippen molar-refractivity contribution in [2.75, 3.05) is 6.61 Å². The van der Waals surface area contributed by atoms with Crippen LogP contribution in [0.5, 0.6) is 0 Å². The zero-order valence-corrected chi connectivity index (χ0v) is 9.13. The first kappa shape index (κ1) is 11.1. The number of rotatable bonds is 5. The summed E-state index contributed by atoms with van der Waals surface area (Å²) in [5, 5.41) is 0. The molecule has 2 N–H and O–H groups in total. The molecular weight excluding hydrogens is 204 g/mol. The van der Waals surface area contributed by atoms with Crippen LogP contribution < -0.4 is 5.73 Å². The maximum atomic E-state index is 11.5. The number of nitrogens with two attached hydrogens (primary N) is 1. The lowest BCUT2D eigenvalue weighted by molar-refractivity contribution is -0.145. The molecule has 0 unspecified atom stereocenters. The second kappa shape index (κ2) is 5.07. The molecule has 2 rings (SSSR count). The van der Waals surface area contributed by atoms with Crippen molar-refractivity contribution >= 4 is 5.97 Å². The lowest BCUT2D eigenvalue weighted by Crippen LogP contribution is -2.34. The van der Waals surface area contributed by atoms with Gasteiger partial charge in [-0.1, -0.05) is 6.07 Å². The number of hydrogen-bond donors (Lipinski definition) is 1. The van der Waals surface area contributed by atoms with Gasteiger partial charge in [-0.15, -0.1) is 0 Å². The Labute approximate surface area is 94.8 Å². The summed E-state index contributed by atoms with van der Waals surface area (Å²) in [6.07, 6.45) is 6.24. The van der Waals surface area contributed by atoms with E-state index in [4.69, 9.17) is 10.5 Å². The van der Waals surface area contributed by atoms with Crippen LogP contribution in [-0.4, -0.2) is 23.6 Å². The van der Waals surface area contributed by atoms with E-state index in [1.54, 1.807) is 12.4 Å². The third kappa shape index (κ3) is 3.31. The molecule has 0 spiro atoms. The largest absolute Gasteiger partial charge is 0.464 e. The average molecular weight is 220 g/mol. The summed E-state index contributed by atoms with van der Waals surface area (Å²) < 4.78 is 5.12. The van der Waals surface area contributed by atoms with Crippen LogP contribution in [0, 0.1) is 5.92 Å². The maximum Gasteiger partial charge on any atom is 0.323 e. The second-order valence-electron chi connectivity index (χ2n) is 4.25. The number of pyridine rings is 1. The zero-order valence-electron chi connectivity index (χ0n) is 9.13. The fourth-order valence-electron chi connectivity index (χ4n) is 1.45. The van der Waals surface area contributed by atoms with Crippen LogP contribution in [0.2, 0.25) is 0 Å². The fourth-order valence-corrected chi connectivity index (χ4v) is 1.45. The van der Waals surface area contributed by atoms with Gasteiger partial charge in [-0.2, -0.15) is 0 Å². The molecule has 0 saturated heterocycles. The summed E-state index contributed by atoms with van der Waals surface area (Å²) in [4.78, 5) is 15.5. The molecule has 0 radical (unpaired) electrons. The van der Waals surface area contributed by atoms with E-state index >= 15 is 0 Å². The highest BCUT2D eigenvalue weighted by Gasteiger charge is 2.24. The van der Waals surface area contributed by atoms with E-state index in [0.29, 0.717) is 18.9 Å². The topological polar surface area (TPSA) is 65.2 Å². The standard InChI is InChI=1S/C12H16N2O2/c13-11(6-10-2-1-5-14-7-10)12(15)16-8-9-3-4-9/h1-2,5,7,9,11H,3-4,6,8,13H2/t11-/m1/s1.